The molecule has 2 aliphatic rings. The molecule has 0 spiro atoms. The lowest BCUT2D eigenvalue weighted by molar-refractivity contribution is -0.159. The van der Waals surface area contributed by atoms with E-state index in [0.29, 0.717) is 11.7 Å². The van der Waals surface area contributed by atoms with Crippen LogP contribution in [0.2, 0.25) is 0 Å². The molecular weight excluding hydrogens is 265 g/mol. The Morgan fingerprint density at radius 2 is 2.11 bits per heavy atom. The molecule has 0 aliphatic carbocycles. The van der Waals surface area contributed by atoms with Crippen LogP contribution in [-0.4, -0.2) is 65.1 Å². The van der Waals surface area contributed by atoms with E-state index in [0.717, 1.165) is 23.7 Å². The Morgan fingerprint density at radius 3 is 2.72 bits per heavy atom. The van der Waals surface area contributed by atoms with Gasteiger partial charge in [0.2, 0.25) is 5.91 Å². The molecule has 2 fully saturated rings. The normalized spacial score (nSPS) is 31.1. The van der Waals surface area contributed by atoms with Crippen molar-refractivity contribution in [1.82, 2.24) is 9.80 Å². The van der Waals surface area contributed by atoms with Crippen LogP contribution >= 0.6 is 11.8 Å². The highest BCUT2D eigenvalue weighted by molar-refractivity contribution is 7.99. The molecule has 0 bridgehead atoms. The molecule has 7 heteroatoms. The van der Waals surface area contributed by atoms with Gasteiger partial charge in [0.1, 0.15) is 6.54 Å². The van der Waals surface area contributed by atoms with Crippen LogP contribution in [-0.2, 0) is 4.79 Å². The van der Waals surface area contributed by atoms with E-state index in [1.165, 1.54) is 0 Å². The highest BCUT2D eigenvalue weighted by Gasteiger charge is 2.42. The molecule has 0 saturated carbocycles. The molecule has 18 heavy (non-hydrogen) atoms. The molecule has 1 amide bonds. The second-order valence-corrected chi connectivity index (χ2v) is 6.40. The maximum Gasteiger partial charge on any atom is 0.406 e. The van der Waals surface area contributed by atoms with E-state index in [4.69, 9.17) is 0 Å². The summed E-state index contributed by atoms with van der Waals surface area (Å²) < 4.78 is 36.9. The van der Waals surface area contributed by atoms with Gasteiger partial charge in [-0.1, -0.05) is 6.92 Å². The topological polar surface area (TPSA) is 23.6 Å². The predicted molar refractivity (Wildman–Crippen MR) is 64.5 cm³/mol. The van der Waals surface area contributed by atoms with Gasteiger partial charge in [0, 0.05) is 30.6 Å². The SMILES string of the molecule is C[C@@H]1CN([C@H]2CCN(CC(F)(F)F)C2=O)CCS1. The van der Waals surface area contributed by atoms with Crippen molar-refractivity contribution in [1.29, 1.82) is 0 Å². The number of likely N-dealkylation sites (tertiary alicyclic amines) is 1. The number of alkyl halides is 3. The van der Waals surface area contributed by atoms with Crippen LogP contribution in [0.1, 0.15) is 13.3 Å². The number of thioether (sulfide) groups is 1. The number of rotatable bonds is 2. The first-order valence-electron chi connectivity index (χ1n) is 6.08. The summed E-state index contributed by atoms with van der Waals surface area (Å²) >= 11 is 1.85. The molecule has 0 aromatic heterocycles. The average molecular weight is 282 g/mol. The summed E-state index contributed by atoms with van der Waals surface area (Å²) in [5, 5.41) is 0.447. The molecule has 2 aliphatic heterocycles. The van der Waals surface area contributed by atoms with Crippen molar-refractivity contribution >= 4 is 17.7 Å². The van der Waals surface area contributed by atoms with Crippen molar-refractivity contribution in [2.75, 3.05) is 31.9 Å². The molecule has 104 valence electrons. The van der Waals surface area contributed by atoms with E-state index < -0.39 is 12.7 Å². The second-order valence-electron chi connectivity index (χ2n) is 4.86. The van der Waals surface area contributed by atoms with E-state index >= 15 is 0 Å². The summed E-state index contributed by atoms with van der Waals surface area (Å²) in [6.07, 6.45) is -3.78. The van der Waals surface area contributed by atoms with Crippen molar-refractivity contribution in [3.05, 3.63) is 0 Å². The third kappa shape index (κ3) is 3.32. The molecule has 0 radical (unpaired) electrons. The maximum absolute atomic E-state index is 12.3. The fourth-order valence-corrected chi connectivity index (χ4v) is 3.60. The first-order valence-corrected chi connectivity index (χ1v) is 7.13. The summed E-state index contributed by atoms with van der Waals surface area (Å²) in [4.78, 5) is 14.9. The van der Waals surface area contributed by atoms with Gasteiger partial charge in [-0.3, -0.25) is 9.69 Å². The third-order valence-corrected chi connectivity index (χ3v) is 4.49. The summed E-state index contributed by atoms with van der Waals surface area (Å²) in [5.74, 6) is 0.593. The van der Waals surface area contributed by atoms with Gasteiger partial charge in [-0.25, -0.2) is 0 Å². The van der Waals surface area contributed by atoms with E-state index in [1.807, 2.05) is 16.7 Å². The Hall–Kier alpha value is -0.430. The third-order valence-electron chi connectivity index (χ3n) is 3.35. The zero-order valence-corrected chi connectivity index (χ0v) is 11.1. The van der Waals surface area contributed by atoms with Gasteiger partial charge >= 0.3 is 6.18 Å². The minimum Gasteiger partial charge on any atom is -0.332 e. The first kappa shape index (κ1) is 14.0. The van der Waals surface area contributed by atoms with Gasteiger partial charge in [-0.05, 0) is 6.42 Å². The van der Waals surface area contributed by atoms with Gasteiger partial charge in [0.05, 0.1) is 6.04 Å². The van der Waals surface area contributed by atoms with Crippen molar-refractivity contribution in [3.8, 4) is 0 Å². The van der Waals surface area contributed by atoms with Crippen LogP contribution in [0, 0.1) is 0 Å². The van der Waals surface area contributed by atoms with Crippen molar-refractivity contribution in [2.45, 2.75) is 30.8 Å². The van der Waals surface area contributed by atoms with E-state index in [1.54, 1.807) is 0 Å². The largest absolute Gasteiger partial charge is 0.406 e. The van der Waals surface area contributed by atoms with Crippen LogP contribution in [0.15, 0.2) is 0 Å². The lowest BCUT2D eigenvalue weighted by atomic mass is 10.2. The summed E-state index contributed by atoms with van der Waals surface area (Å²) in [6, 6.07) is -0.337. The smallest absolute Gasteiger partial charge is 0.332 e. The zero-order valence-electron chi connectivity index (χ0n) is 10.2. The molecule has 0 unspecified atom stereocenters. The van der Waals surface area contributed by atoms with Crippen LogP contribution in [0.4, 0.5) is 13.2 Å². The molecule has 0 aromatic rings. The maximum atomic E-state index is 12.3. The Labute approximate surface area is 109 Å². The van der Waals surface area contributed by atoms with Crippen molar-refractivity contribution in [3.63, 3.8) is 0 Å². The van der Waals surface area contributed by atoms with Gasteiger partial charge in [-0.2, -0.15) is 24.9 Å². The number of halogens is 3. The number of amides is 1. The molecule has 0 N–H and O–H groups in total. The van der Waals surface area contributed by atoms with E-state index in [2.05, 4.69) is 6.92 Å². The number of carbonyl (C=O) groups excluding carboxylic acids is 1. The lowest BCUT2D eigenvalue weighted by Gasteiger charge is -2.34. The highest BCUT2D eigenvalue weighted by atomic mass is 32.2. The Bertz CT molecular complexity index is 324. The molecular formula is C11H17F3N2OS. The average Bonchev–Trinajstić information content (AvgIpc) is 2.58. The predicted octanol–water partition coefficient (Wildman–Crippen LogP) is 1.59. The highest BCUT2D eigenvalue weighted by Crippen LogP contribution is 2.26. The van der Waals surface area contributed by atoms with Gasteiger partial charge < -0.3 is 4.90 Å². The Balaban J connectivity index is 1.94. The summed E-state index contributed by atoms with van der Waals surface area (Å²) in [5.41, 5.74) is 0. The molecule has 2 heterocycles. The molecule has 2 saturated heterocycles. The number of nitrogens with zero attached hydrogens (tertiary/aromatic N) is 2. The van der Waals surface area contributed by atoms with Gasteiger partial charge in [-0.15, -0.1) is 0 Å². The molecule has 2 rings (SSSR count). The number of hydrogen-bond donors (Lipinski definition) is 0. The van der Waals surface area contributed by atoms with Crippen LogP contribution in [0.25, 0.3) is 0 Å². The van der Waals surface area contributed by atoms with Crippen molar-refractivity contribution < 1.29 is 18.0 Å². The lowest BCUT2D eigenvalue weighted by Crippen LogP contribution is -2.48. The minimum absolute atomic E-state index is 0.223. The Kier molecular flexibility index (Phi) is 4.11. The van der Waals surface area contributed by atoms with Crippen molar-refractivity contribution in [2.24, 2.45) is 0 Å². The van der Waals surface area contributed by atoms with Gasteiger partial charge in [0.25, 0.3) is 0 Å². The zero-order chi connectivity index (χ0) is 13.3. The first-order chi connectivity index (χ1) is 8.37. The van der Waals surface area contributed by atoms with E-state index in [9.17, 15) is 18.0 Å². The quantitative estimate of drug-likeness (QED) is 0.768. The van der Waals surface area contributed by atoms with Crippen LogP contribution < -0.4 is 0 Å². The molecule has 0 aromatic carbocycles. The molecule has 2 atom stereocenters. The fourth-order valence-electron chi connectivity index (χ4n) is 2.56. The Morgan fingerprint density at radius 1 is 1.39 bits per heavy atom. The van der Waals surface area contributed by atoms with Gasteiger partial charge in [0.15, 0.2) is 0 Å². The fraction of sp³-hybridized carbons (Fsp3) is 0.909. The number of hydrogen-bond acceptors (Lipinski definition) is 3. The minimum atomic E-state index is -4.30. The standard InChI is InChI=1S/C11H17F3N2OS/c1-8-6-15(4-5-18-8)9-2-3-16(10(9)17)7-11(12,13)14/h8-9H,2-7H2,1H3/t8-,9+/m1/s1. The number of carbonyl (C=O) groups is 1. The summed E-state index contributed by atoms with van der Waals surface area (Å²) in [6.45, 7) is 2.79. The summed E-state index contributed by atoms with van der Waals surface area (Å²) in [7, 11) is 0. The van der Waals surface area contributed by atoms with Crippen LogP contribution in [0.5, 0.6) is 0 Å². The van der Waals surface area contributed by atoms with E-state index in [-0.39, 0.29) is 18.5 Å². The monoisotopic (exact) mass is 282 g/mol. The van der Waals surface area contributed by atoms with Crippen LogP contribution in [0.3, 0.4) is 0 Å². The molecule has 3 nitrogen and oxygen atoms in total. The second kappa shape index (κ2) is 5.28.